The van der Waals surface area contributed by atoms with Gasteiger partial charge in [-0.1, -0.05) is 12.1 Å². The number of anilines is 1. The lowest BCUT2D eigenvalue weighted by Gasteiger charge is -2.34. The van der Waals surface area contributed by atoms with Crippen LogP contribution in [0.2, 0.25) is 0 Å². The molecule has 6 nitrogen and oxygen atoms in total. The van der Waals surface area contributed by atoms with Gasteiger partial charge in [0, 0.05) is 45.1 Å². The molecule has 1 fully saturated rings. The first-order valence-electron chi connectivity index (χ1n) is 8.46. The second-order valence-electron chi connectivity index (χ2n) is 6.04. The van der Waals surface area contributed by atoms with Gasteiger partial charge in [-0.05, 0) is 30.2 Å². The Kier molecular flexibility index (Phi) is 5.90. The van der Waals surface area contributed by atoms with Crippen molar-refractivity contribution < 1.29 is 9.18 Å². The number of hydrogen-bond acceptors (Lipinski definition) is 5. The van der Waals surface area contributed by atoms with Gasteiger partial charge in [-0.25, -0.2) is 14.4 Å². The van der Waals surface area contributed by atoms with E-state index < -0.39 is 0 Å². The second kappa shape index (κ2) is 8.53. The summed E-state index contributed by atoms with van der Waals surface area (Å²) in [6, 6.07) is 8.16. The molecule has 1 N–H and O–H groups in total. The average molecular weight is 343 g/mol. The molecule has 2 heterocycles. The molecule has 3 rings (SSSR count). The summed E-state index contributed by atoms with van der Waals surface area (Å²) in [6.45, 7) is 4.20. The zero-order valence-electron chi connectivity index (χ0n) is 14.1. The molecule has 1 aliphatic rings. The summed E-state index contributed by atoms with van der Waals surface area (Å²) >= 11 is 0. The zero-order chi connectivity index (χ0) is 17.5. The third-order valence-electron chi connectivity index (χ3n) is 4.22. The van der Waals surface area contributed by atoms with Crippen LogP contribution < -0.4 is 10.2 Å². The fourth-order valence-electron chi connectivity index (χ4n) is 2.82. The summed E-state index contributed by atoms with van der Waals surface area (Å²) in [6.07, 6.45) is 4.18. The summed E-state index contributed by atoms with van der Waals surface area (Å²) in [4.78, 5) is 24.8. The van der Waals surface area contributed by atoms with Crippen LogP contribution >= 0.6 is 0 Å². The monoisotopic (exact) mass is 343 g/mol. The highest BCUT2D eigenvalue weighted by Gasteiger charge is 2.20. The van der Waals surface area contributed by atoms with E-state index in [1.165, 1.54) is 12.1 Å². The summed E-state index contributed by atoms with van der Waals surface area (Å²) < 4.78 is 12.8. The lowest BCUT2D eigenvalue weighted by molar-refractivity contribution is -0.122. The predicted molar refractivity (Wildman–Crippen MR) is 93.8 cm³/mol. The number of amides is 1. The van der Waals surface area contributed by atoms with Crippen molar-refractivity contribution in [3.63, 3.8) is 0 Å². The van der Waals surface area contributed by atoms with Gasteiger partial charge in [0.05, 0.1) is 6.54 Å². The third-order valence-corrected chi connectivity index (χ3v) is 4.22. The number of nitrogens with zero attached hydrogens (tertiary/aromatic N) is 4. The van der Waals surface area contributed by atoms with Crippen molar-refractivity contribution in [2.24, 2.45) is 0 Å². The van der Waals surface area contributed by atoms with Crippen LogP contribution in [0.5, 0.6) is 0 Å². The van der Waals surface area contributed by atoms with E-state index in [1.807, 2.05) is 0 Å². The Balaban J connectivity index is 1.35. The number of carbonyl (C=O) groups is 1. The van der Waals surface area contributed by atoms with E-state index in [9.17, 15) is 9.18 Å². The van der Waals surface area contributed by atoms with Crippen molar-refractivity contribution in [3.05, 3.63) is 54.1 Å². The molecule has 0 bridgehead atoms. The number of halogens is 1. The predicted octanol–water partition coefficient (Wildman–Crippen LogP) is 1.10. The first-order valence-corrected chi connectivity index (χ1v) is 8.46. The van der Waals surface area contributed by atoms with Crippen LogP contribution in [-0.4, -0.2) is 60.0 Å². The van der Waals surface area contributed by atoms with Crippen LogP contribution in [0.4, 0.5) is 10.3 Å². The SMILES string of the molecule is O=C(CN1CCN(c2ncccn2)CC1)NCCc1ccc(F)cc1. The Labute approximate surface area is 146 Å². The average Bonchev–Trinajstić information content (AvgIpc) is 2.65. The molecule has 0 radical (unpaired) electrons. The molecule has 1 saturated heterocycles. The van der Waals surface area contributed by atoms with Crippen molar-refractivity contribution in [1.82, 2.24) is 20.2 Å². The quantitative estimate of drug-likeness (QED) is 0.851. The first kappa shape index (κ1) is 17.3. The van der Waals surface area contributed by atoms with E-state index in [0.717, 1.165) is 37.7 Å². The van der Waals surface area contributed by atoms with E-state index in [2.05, 4.69) is 25.1 Å². The van der Waals surface area contributed by atoms with Crippen molar-refractivity contribution in [3.8, 4) is 0 Å². The van der Waals surface area contributed by atoms with Crippen molar-refractivity contribution >= 4 is 11.9 Å². The molecule has 1 amide bonds. The number of rotatable bonds is 6. The lowest BCUT2D eigenvalue weighted by atomic mass is 10.1. The van der Waals surface area contributed by atoms with Crippen LogP contribution in [-0.2, 0) is 11.2 Å². The van der Waals surface area contributed by atoms with Gasteiger partial charge in [0.25, 0.3) is 0 Å². The van der Waals surface area contributed by atoms with E-state index in [-0.39, 0.29) is 11.7 Å². The number of benzene rings is 1. The molecule has 1 aliphatic heterocycles. The van der Waals surface area contributed by atoms with E-state index >= 15 is 0 Å². The maximum Gasteiger partial charge on any atom is 0.234 e. The third kappa shape index (κ3) is 5.22. The van der Waals surface area contributed by atoms with Crippen molar-refractivity contribution in [2.45, 2.75) is 6.42 Å². The van der Waals surface area contributed by atoms with Gasteiger partial charge in [0.2, 0.25) is 11.9 Å². The summed E-state index contributed by atoms with van der Waals surface area (Å²) in [5.41, 5.74) is 1.01. The molecule has 0 spiro atoms. The van der Waals surface area contributed by atoms with Gasteiger partial charge in [-0.3, -0.25) is 9.69 Å². The Bertz CT molecular complexity index is 672. The molecule has 1 aromatic carbocycles. The van der Waals surface area contributed by atoms with Crippen molar-refractivity contribution in [1.29, 1.82) is 0 Å². The van der Waals surface area contributed by atoms with Crippen LogP contribution in [0.25, 0.3) is 0 Å². The molecule has 0 aliphatic carbocycles. The number of carbonyl (C=O) groups excluding carboxylic acids is 1. The molecule has 25 heavy (non-hydrogen) atoms. The standard InChI is InChI=1S/C18H22FN5O/c19-16-4-2-15(3-5-16)6-9-20-17(25)14-23-10-12-24(13-11-23)18-21-7-1-8-22-18/h1-5,7-8H,6,9-14H2,(H,20,25). The summed E-state index contributed by atoms with van der Waals surface area (Å²) in [7, 11) is 0. The fourth-order valence-corrected chi connectivity index (χ4v) is 2.82. The van der Waals surface area contributed by atoms with Gasteiger partial charge >= 0.3 is 0 Å². The van der Waals surface area contributed by atoms with E-state index in [0.29, 0.717) is 19.5 Å². The number of nitrogens with one attached hydrogen (secondary N) is 1. The highest BCUT2D eigenvalue weighted by molar-refractivity contribution is 5.78. The number of hydrogen-bond donors (Lipinski definition) is 1. The smallest absolute Gasteiger partial charge is 0.234 e. The van der Waals surface area contributed by atoms with Gasteiger partial charge in [0.1, 0.15) is 5.82 Å². The molecule has 132 valence electrons. The van der Waals surface area contributed by atoms with Gasteiger partial charge in [-0.2, -0.15) is 0 Å². The summed E-state index contributed by atoms with van der Waals surface area (Å²) in [5.74, 6) is 0.519. The lowest BCUT2D eigenvalue weighted by Crippen LogP contribution is -2.50. The minimum absolute atomic E-state index is 0.0199. The molecule has 0 saturated carbocycles. The zero-order valence-corrected chi connectivity index (χ0v) is 14.1. The van der Waals surface area contributed by atoms with Crippen LogP contribution in [0.1, 0.15) is 5.56 Å². The highest BCUT2D eigenvalue weighted by Crippen LogP contribution is 2.09. The Morgan fingerprint density at radius 1 is 1.08 bits per heavy atom. The Hall–Kier alpha value is -2.54. The molecule has 2 aromatic rings. The highest BCUT2D eigenvalue weighted by atomic mass is 19.1. The van der Waals surface area contributed by atoms with E-state index in [1.54, 1.807) is 30.6 Å². The molecule has 1 aromatic heterocycles. The fraction of sp³-hybridized carbons (Fsp3) is 0.389. The molecular formula is C18H22FN5O. The van der Waals surface area contributed by atoms with E-state index in [4.69, 9.17) is 0 Å². The molecule has 7 heteroatoms. The number of piperazine rings is 1. The first-order chi connectivity index (χ1) is 12.2. The number of aromatic nitrogens is 2. The van der Waals surface area contributed by atoms with Crippen molar-refractivity contribution in [2.75, 3.05) is 44.2 Å². The maximum atomic E-state index is 12.8. The van der Waals surface area contributed by atoms with Crippen LogP contribution in [0.3, 0.4) is 0 Å². The molecular weight excluding hydrogens is 321 g/mol. The molecule has 0 atom stereocenters. The topological polar surface area (TPSA) is 61.4 Å². The Morgan fingerprint density at radius 2 is 1.76 bits per heavy atom. The van der Waals surface area contributed by atoms with Gasteiger partial charge in [0.15, 0.2) is 0 Å². The second-order valence-corrected chi connectivity index (χ2v) is 6.04. The normalized spacial score (nSPS) is 15.2. The largest absolute Gasteiger partial charge is 0.355 e. The molecule has 0 unspecified atom stereocenters. The van der Waals surface area contributed by atoms with Gasteiger partial charge < -0.3 is 10.2 Å². The summed E-state index contributed by atoms with van der Waals surface area (Å²) in [5, 5.41) is 2.92. The van der Waals surface area contributed by atoms with Gasteiger partial charge in [-0.15, -0.1) is 0 Å². The van der Waals surface area contributed by atoms with Crippen LogP contribution in [0, 0.1) is 5.82 Å². The minimum Gasteiger partial charge on any atom is -0.355 e. The van der Waals surface area contributed by atoms with Crippen LogP contribution in [0.15, 0.2) is 42.7 Å². The Morgan fingerprint density at radius 3 is 2.44 bits per heavy atom. The minimum atomic E-state index is -0.243. The maximum absolute atomic E-state index is 12.8.